The van der Waals surface area contributed by atoms with Crippen LogP contribution in [0.4, 0.5) is 0 Å². The molecule has 0 rings (SSSR count). The van der Waals surface area contributed by atoms with Crippen molar-refractivity contribution in [3.05, 3.63) is 12.2 Å². The van der Waals surface area contributed by atoms with E-state index in [2.05, 4.69) is 39.2 Å². The lowest BCUT2D eigenvalue weighted by atomic mass is 10.0. The molecule has 0 bridgehead atoms. The average molecular weight is 169 g/mol. The maximum Gasteiger partial charge on any atom is 0.00440 e. The lowest BCUT2D eigenvalue weighted by Crippen LogP contribution is -2.29. The van der Waals surface area contributed by atoms with Gasteiger partial charge < -0.3 is 4.90 Å². The highest BCUT2D eigenvalue weighted by Gasteiger charge is 2.07. The van der Waals surface area contributed by atoms with E-state index in [1.54, 1.807) is 0 Å². The zero-order valence-corrected chi connectivity index (χ0v) is 9.06. The van der Waals surface area contributed by atoms with Crippen molar-refractivity contribution >= 4 is 0 Å². The van der Waals surface area contributed by atoms with Crippen molar-refractivity contribution in [3.63, 3.8) is 0 Å². The second-order valence-electron chi connectivity index (χ2n) is 3.64. The summed E-state index contributed by atoms with van der Waals surface area (Å²) in [4.78, 5) is 2.49. The lowest BCUT2D eigenvalue weighted by Gasteiger charge is -2.23. The van der Waals surface area contributed by atoms with Gasteiger partial charge in [0.2, 0.25) is 0 Å². The van der Waals surface area contributed by atoms with Crippen molar-refractivity contribution in [1.82, 2.24) is 4.90 Å². The average Bonchev–Trinajstić information content (AvgIpc) is 2.03. The Hall–Kier alpha value is -0.300. The highest BCUT2D eigenvalue weighted by Crippen LogP contribution is 2.09. The highest BCUT2D eigenvalue weighted by molar-refractivity contribution is 4.94. The van der Waals surface area contributed by atoms with Crippen molar-refractivity contribution in [3.8, 4) is 0 Å². The molecule has 0 heterocycles. The predicted molar refractivity (Wildman–Crippen MR) is 56.4 cm³/mol. The van der Waals surface area contributed by atoms with Crippen LogP contribution >= 0.6 is 0 Å². The molecule has 0 aromatic rings. The Morgan fingerprint density at radius 1 is 1.42 bits per heavy atom. The molecule has 12 heavy (non-hydrogen) atoms. The summed E-state index contributed by atoms with van der Waals surface area (Å²) in [6, 6.07) is 0. The van der Waals surface area contributed by atoms with Crippen LogP contribution in [0.15, 0.2) is 12.2 Å². The third kappa shape index (κ3) is 4.55. The Labute approximate surface area is 77.5 Å². The molecule has 0 aliphatic carbocycles. The van der Waals surface area contributed by atoms with Crippen LogP contribution < -0.4 is 0 Å². The van der Waals surface area contributed by atoms with Gasteiger partial charge in [0.1, 0.15) is 0 Å². The number of rotatable bonds is 6. The fraction of sp³-hybridized carbons (Fsp3) is 0.818. The van der Waals surface area contributed by atoms with Gasteiger partial charge in [-0.05, 0) is 32.4 Å². The van der Waals surface area contributed by atoms with Gasteiger partial charge in [-0.1, -0.05) is 32.9 Å². The molecule has 0 amide bonds. The van der Waals surface area contributed by atoms with Crippen LogP contribution in [0.25, 0.3) is 0 Å². The summed E-state index contributed by atoms with van der Waals surface area (Å²) >= 11 is 0. The Balaban J connectivity index is 3.76. The molecule has 1 atom stereocenters. The summed E-state index contributed by atoms with van der Waals surface area (Å²) in [6.07, 6.45) is 1.25. The van der Waals surface area contributed by atoms with Gasteiger partial charge in [0, 0.05) is 6.54 Å². The van der Waals surface area contributed by atoms with E-state index in [4.69, 9.17) is 0 Å². The molecule has 1 heteroatoms. The second-order valence-corrected chi connectivity index (χ2v) is 3.64. The van der Waals surface area contributed by atoms with Crippen molar-refractivity contribution in [2.45, 2.75) is 34.1 Å². The normalized spacial score (nSPS) is 13.4. The molecule has 0 radical (unpaired) electrons. The highest BCUT2D eigenvalue weighted by atomic mass is 15.1. The smallest absolute Gasteiger partial charge is 0.00440 e. The first-order valence-electron chi connectivity index (χ1n) is 4.99. The summed E-state index contributed by atoms with van der Waals surface area (Å²) in [5, 5.41) is 0. The van der Waals surface area contributed by atoms with Crippen LogP contribution in [0.3, 0.4) is 0 Å². The number of nitrogens with zero attached hydrogens (tertiary/aromatic N) is 1. The first-order valence-corrected chi connectivity index (χ1v) is 4.99. The van der Waals surface area contributed by atoms with E-state index in [0.717, 1.165) is 6.54 Å². The molecule has 0 saturated carbocycles. The van der Waals surface area contributed by atoms with Gasteiger partial charge >= 0.3 is 0 Å². The third-order valence-corrected chi connectivity index (χ3v) is 2.36. The molecule has 0 spiro atoms. The van der Waals surface area contributed by atoms with Gasteiger partial charge in [0.25, 0.3) is 0 Å². The monoisotopic (exact) mass is 169 g/mol. The van der Waals surface area contributed by atoms with Gasteiger partial charge in [0.15, 0.2) is 0 Å². The molecule has 0 aliphatic rings. The topological polar surface area (TPSA) is 3.24 Å². The van der Waals surface area contributed by atoms with Crippen LogP contribution in [0.1, 0.15) is 34.1 Å². The molecule has 0 aromatic heterocycles. The molecule has 0 aliphatic heterocycles. The summed E-state index contributed by atoms with van der Waals surface area (Å²) in [6.45, 7) is 16.3. The van der Waals surface area contributed by atoms with E-state index in [-0.39, 0.29) is 0 Å². The largest absolute Gasteiger partial charge is 0.303 e. The molecule has 72 valence electrons. The minimum Gasteiger partial charge on any atom is -0.303 e. The minimum absolute atomic E-state index is 0.636. The Kier molecular flexibility index (Phi) is 6.09. The fourth-order valence-corrected chi connectivity index (χ4v) is 1.24. The van der Waals surface area contributed by atoms with Gasteiger partial charge in [-0.2, -0.15) is 0 Å². The van der Waals surface area contributed by atoms with E-state index in [1.165, 1.54) is 25.1 Å². The summed E-state index contributed by atoms with van der Waals surface area (Å²) in [5.41, 5.74) is 1.30. The first kappa shape index (κ1) is 11.7. The van der Waals surface area contributed by atoms with Crippen molar-refractivity contribution in [2.75, 3.05) is 19.6 Å². The maximum atomic E-state index is 3.98. The van der Waals surface area contributed by atoms with Gasteiger partial charge in [-0.3, -0.25) is 0 Å². The zero-order chi connectivity index (χ0) is 9.56. The molecule has 0 saturated heterocycles. The quantitative estimate of drug-likeness (QED) is 0.553. The second kappa shape index (κ2) is 6.24. The predicted octanol–water partition coefficient (Wildman–Crippen LogP) is 2.93. The van der Waals surface area contributed by atoms with Crippen LogP contribution in [-0.4, -0.2) is 24.5 Å². The molecule has 0 fully saturated rings. The van der Waals surface area contributed by atoms with E-state index in [0.29, 0.717) is 5.92 Å². The maximum absolute atomic E-state index is 3.98. The Morgan fingerprint density at radius 3 is 2.33 bits per heavy atom. The lowest BCUT2D eigenvalue weighted by molar-refractivity contribution is 0.263. The van der Waals surface area contributed by atoms with Crippen LogP contribution in [0.5, 0.6) is 0 Å². The van der Waals surface area contributed by atoms with E-state index < -0.39 is 0 Å². The molecular weight excluding hydrogens is 146 g/mol. The van der Waals surface area contributed by atoms with E-state index >= 15 is 0 Å². The SMILES string of the molecule is C=C(C)C(C)CN(CC)CCC. The Bertz CT molecular complexity index is 129. The van der Waals surface area contributed by atoms with Gasteiger partial charge in [-0.25, -0.2) is 0 Å². The number of hydrogen-bond donors (Lipinski definition) is 0. The molecule has 1 nitrogen and oxygen atoms in total. The van der Waals surface area contributed by atoms with Crippen molar-refractivity contribution in [1.29, 1.82) is 0 Å². The Morgan fingerprint density at radius 2 is 2.00 bits per heavy atom. The van der Waals surface area contributed by atoms with Crippen LogP contribution in [-0.2, 0) is 0 Å². The first-order chi connectivity index (χ1) is 5.61. The van der Waals surface area contributed by atoms with Gasteiger partial charge in [-0.15, -0.1) is 0 Å². The molecule has 0 N–H and O–H groups in total. The summed E-state index contributed by atoms with van der Waals surface area (Å²) in [5.74, 6) is 0.636. The summed E-state index contributed by atoms with van der Waals surface area (Å²) in [7, 11) is 0. The van der Waals surface area contributed by atoms with Crippen molar-refractivity contribution < 1.29 is 0 Å². The third-order valence-electron chi connectivity index (χ3n) is 2.36. The van der Waals surface area contributed by atoms with E-state index in [9.17, 15) is 0 Å². The summed E-state index contributed by atoms with van der Waals surface area (Å²) < 4.78 is 0. The molecule has 1 unspecified atom stereocenters. The molecular formula is C11H23N. The van der Waals surface area contributed by atoms with Crippen LogP contribution in [0, 0.1) is 5.92 Å². The molecule has 0 aromatic carbocycles. The van der Waals surface area contributed by atoms with E-state index in [1.807, 2.05) is 0 Å². The fourth-order valence-electron chi connectivity index (χ4n) is 1.24. The van der Waals surface area contributed by atoms with Crippen molar-refractivity contribution in [2.24, 2.45) is 5.92 Å². The standard InChI is InChI=1S/C11H23N/c1-6-8-12(7-2)9-11(5)10(3)4/h11H,3,6-9H2,1-2,4-5H3. The zero-order valence-electron chi connectivity index (χ0n) is 9.06. The van der Waals surface area contributed by atoms with Gasteiger partial charge in [0.05, 0.1) is 0 Å². The minimum atomic E-state index is 0.636. The van der Waals surface area contributed by atoms with Crippen LogP contribution in [0.2, 0.25) is 0 Å². The number of hydrogen-bond acceptors (Lipinski definition) is 1.